The van der Waals surface area contributed by atoms with Gasteiger partial charge in [-0.3, -0.25) is 0 Å². The lowest BCUT2D eigenvalue weighted by molar-refractivity contribution is 0.670. The first kappa shape index (κ1) is 36.8. The number of para-hydroxylation sites is 1. The highest BCUT2D eigenvalue weighted by molar-refractivity contribution is 7.26. The quantitative estimate of drug-likeness (QED) is 0.152. The summed E-state index contributed by atoms with van der Waals surface area (Å²) in [6.45, 7) is 0. The average molecular weight is 822 g/mol. The lowest BCUT2D eigenvalue weighted by Gasteiger charge is -2.26. The Morgan fingerprint density at radius 2 is 0.762 bits per heavy atom. The number of benzene rings is 10. The van der Waals surface area contributed by atoms with Gasteiger partial charge in [0.2, 0.25) is 0 Å². The fourth-order valence-corrected chi connectivity index (χ4v) is 10.5. The van der Waals surface area contributed by atoms with Crippen molar-refractivity contribution >= 4 is 70.5 Å². The molecular formula is C60H39NOS. The van der Waals surface area contributed by atoms with E-state index in [0.717, 1.165) is 61.3 Å². The molecule has 0 bridgehead atoms. The predicted molar refractivity (Wildman–Crippen MR) is 268 cm³/mol. The van der Waals surface area contributed by atoms with Crippen LogP contribution in [-0.2, 0) is 0 Å². The largest absolute Gasteiger partial charge is 0.455 e. The maximum absolute atomic E-state index is 6.51. The van der Waals surface area contributed by atoms with Crippen molar-refractivity contribution in [3.05, 3.63) is 237 Å². The van der Waals surface area contributed by atoms with Crippen molar-refractivity contribution in [2.24, 2.45) is 0 Å². The van der Waals surface area contributed by atoms with E-state index in [0.29, 0.717) is 0 Å². The maximum Gasteiger partial charge on any atom is 0.143 e. The fourth-order valence-electron chi connectivity index (χ4n) is 9.23. The van der Waals surface area contributed by atoms with Gasteiger partial charge in [-0.05, 0) is 105 Å². The van der Waals surface area contributed by atoms with Gasteiger partial charge >= 0.3 is 0 Å². The summed E-state index contributed by atoms with van der Waals surface area (Å²) < 4.78 is 9.15. The lowest BCUT2D eigenvalue weighted by atomic mass is 9.94. The molecule has 0 aliphatic heterocycles. The van der Waals surface area contributed by atoms with Gasteiger partial charge < -0.3 is 9.32 Å². The maximum atomic E-state index is 6.51. The molecule has 10 aromatic carbocycles. The second-order valence-corrected chi connectivity index (χ2v) is 17.1. The summed E-state index contributed by atoms with van der Waals surface area (Å²) in [5, 5.41) is 4.87. The Morgan fingerprint density at radius 3 is 1.41 bits per heavy atom. The number of nitrogens with zero attached hydrogens (tertiary/aromatic N) is 1. The molecule has 0 saturated heterocycles. The van der Waals surface area contributed by atoms with E-state index in [4.69, 9.17) is 4.42 Å². The topological polar surface area (TPSA) is 16.4 Å². The van der Waals surface area contributed by atoms with Crippen LogP contribution in [0.2, 0.25) is 0 Å². The minimum atomic E-state index is 0.891. The van der Waals surface area contributed by atoms with Crippen LogP contribution in [-0.4, -0.2) is 0 Å². The standard InChI is InChI=1S/C60H39NOS/c1-3-13-41(14-4-1)49-17-7-8-18-50(49)43-27-34-47(35-28-43)61(48-36-29-44(30-37-48)52-21-12-23-55-53-19-9-10-24-58(53)63-60(52)55)46-32-25-40(26-33-46)45-31-38-57-56(39-45)54-22-11-20-51(59(54)62-57)42-15-5-2-6-16-42/h1-39H. The monoisotopic (exact) mass is 821 g/mol. The van der Waals surface area contributed by atoms with Crippen LogP contribution in [0.25, 0.3) is 97.7 Å². The van der Waals surface area contributed by atoms with Crippen molar-refractivity contribution in [1.82, 2.24) is 0 Å². The molecule has 12 aromatic rings. The summed E-state index contributed by atoms with van der Waals surface area (Å²) in [4.78, 5) is 2.36. The third kappa shape index (κ3) is 6.58. The Bertz CT molecular complexity index is 3590. The second kappa shape index (κ2) is 15.5. The van der Waals surface area contributed by atoms with E-state index in [9.17, 15) is 0 Å². The Morgan fingerprint density at radius 1 is 0.302 bits per heavy atom. The van der Waals surface area contributed by atoms with Crippen LogP contribution >= 0.6 is 11.3 Å². The molecule has 0 aliphatic rings. The Hall–Kier alpha value is -7.98. The highest BCUT2D eigenvalue weighted by atomic mass is 32.1. The van der Waals surface area contributed by atoms with E-state index in [2.05, 4.69) is 235 Å². The SMILES string of the molecule is c1ccc(-c2ccccc2-c2ccc(N(c3ccc(-c4ccc5oc6c(-c7ccccc7)cccc6c5c4)cc3)c3ccc(-c4cccc5c4sc4ccccc45)cc3)cc2)cc1. The van der Waals surface area contributed by atoms with E-state index in [1.54, 1.807) is 0 Å². The van der Waals surface area contributed by atoms with Crippen molar-refractivity contribution in [3.63, 3.8) is 0 Å². The molecule has 3 heteroatoms. The normalized spacial score (nSPS) is 11.5. The van der Waals surface area contributed by atoms with Crippen LogP contribution in [0.4, 0.5) is 17.1 Å². The van der Waals surface area contributed by atoms with Crippen molar-refractivity contribution in [1.29, 1.82) is 0 Å². The van der Waals surface area contributed by atoms with E-state index < -0.39 is 0 Å². The molecular weight excluding hydrogens is 783 g/mol. The molecule has 0 unspecified atom stereocenters. The molecule has 2 heterocycles. The molecule has 0 N–H and O–H groups in total. The number of anilines is 3. The van der Waals surface area contributed by atoms with Gasteiger partial charge in [0, 0.05) is 53.6 Å². The molecule has 0 spiro atoms. The lowest BCUT2D eigenvalue weighted by Crippen LogP contribution is -2.09. The van der Waals surface area contributed by atoms with Crippen molar-refractivity contribution in [2.75, 3.05) is 4.90 Å². The van der Waals surface area contributed by atoms with E-state index in [1.165, 1.54) is 53.6 Å². The van der Waals surface area contributed by atoms with Gasteiger partial charge in [-0.25, -0.2) is 0 Å². The first-order valence-corrected chi connectivity index (χ1v) is 22.2. The van der Waals surface area contributed by atoms with Crippen molar-refractivity contribution < 1.29 is 4.42 Å². The van der Waals surface area contributed by atoms with Crippen molar-refractivity contribution in [2.45, 2.75) is 0 Å². The molecule has 0 aliphatic carbocycles. The number of thiophene rings is 1. The summed E-state index contributed by atoms with van der Waals surface area (Å²) in [7, 11) is 0. The Balaban J connectivity index is 0.927. The molecule has 0 amide bonds. The first-order valence-electron chi connectivity index (χ1n) is 21.4. The van der Waals surface area contributed by atoms with Gasteiger partial charge in [0.1, 0.15) is 11.2 Å². The molecule has 63 heavy (non-hydrogen) atoms. The Kier molecular flexibility index (Phi) is 9.06. The van der Waals surface area contributed by atoms with Gasteiger partial charge in [-0.15, -0.1) is 11.3 Å². The smallest absolute Gasteiger partial charge is 0.143 e. The van der Waals surface area contributed by atoms with Crippen LogP contribution in [0.1, 0.15) is 0 Å². The van der Waals surface area contributed by atoms with Crippen LogP contribution in [0.5, 0.6) is 0 Å². The van der Waals surface area contributed by atoms with Crippen LogP contribution in [0.15, 0.2) is 241 Å². The number of rotatable bonds is 8. The summed E-state index contributed by atoms with van der Waals surface area (Å²) in [6.07, 6.45) is 0. The Labute approximate surface area is 370 Å². The molecule has 0 fully saturated rings. The highest BCUT2D eigenvalue weighted by Gasteiger charge is 2.17. The van der Waals surface area contributed by atoms with Gasteiger partial charge in [0.25, 0.3) is 0 Å². The van der Waals surface area contributed by atoms with Gasteiger partial charge in [0.05, 0.1) is 0 Å². The first-order chi connectivity index (χ1) is 31.2. The summed E-state index contributed by atoms with van der Waals surface area (Å²) in [5.74, 6) is 0. The van der Waals surface area contributed by atoms with Crippen LogP contribution in [0.3, 0.4) is 0 Å². The summed E-state index contributed by atoms with van der Waals surface area (Å²) in [6, 6.07) is 85.2. The molecule has 0 radical (unpaired) electrons. The zero-order chi connectivity index (χ0) is 41.7. The van der Waals surface area contributed by atoms with E-state index >= 15 is 0 Å². The average Bonchev–Trinajstić information content (AvgIpc) is 3.94. The minimum absolute atomic E-state index is 0.891. The van der Waals surface area contributed by atoms with Gasteiger partial charge in [0.15, 0.2) is 0 Å². The number of hydrogen-bond acceptors (Lipinski definition) is 3. The predicted octanol–water partition coefficient (Wildman–Crippen LogP) is 17.8. The summed E-state index contributed by atoms with van der Waals surface area (Å²) >= 11 is 1.87. The third-order valence-corrected chi connectivity index (χ3v) is 13.5. The van der Waals surface area contributed by atoms with E-state index in [1.807, 2.05) is 17.4 Å². The third-order valence-electron chi connectivity index (χ3n) is 12.3. The van der Waals surface area contributed by atoms with E-state index in [-0.39, 0.29) is 0 Å². The number of furan rings is 1. The summed E-state index contributed by atoms with van der Waals surface area (Å²) in [5.41, 5.74) is 16.9. The number of hydrogen-bond donors (Lipinski definition) is 0. The molecule has 2 aromatic heterocycles. The second-order valence-electron chi connectivity index (χ2n) is 16.0. The molecule has 0 atom stereocenters. The van der Waals surface area contributed by atoms with Gasteiger partial charge in [-0.1, -0.05) is 182 Å². The molecule has 2 nitrogen and oxygen atoms in total. The van der Waals surface area contributed by atoms with Crippen molar-refractivity contribution in [3.8, 4) is 55.6 Å². The molecule has 0 saturated carbocycles. The zero-order valence-electron chi connectivity index (χ0n) is 34.3. The van der Waals surface area contributed by atoms with Gasteiger partial charge in [-0.2, -0.15) is 0 Å². The molecule has 12 rings (SSSR count). The van der Waals surface area contributed by atoms with Crippen LogP contribution in [0, 0.1) is 0 Å². The zero-order valence-corrected chi connectivity index (χ0v) is 35.1. The fraction of sp³-hybridized carbons (Fsp3) is 0. The van der Waals surface area contributed by atoms with Crippen LogP contribution < -0.4 is 4.90 Å². The highest BCUT2D eigenvalue weighted by Crippen LogP contribution is 2.43. The number of fused-ring (bicyclic) bond motifs is 6. The molecule has 296 valence electrons. The minimum Gasteiger partial charge on any atom is -0.455 e.